The molecule has 0 atom stereocenters. The molecule has 0 radical (unpaired) electrons. The number of carbonyl (C=O) groups excluding carboxylic acids is 1. The molecule has 2 aromatic heterocycles. The average Bonchev–Trinajstić information content (AvgIpc) is 3.00. The number of nitrogens with two attached hydrogens (primary N) is 1. The molecule has 0 aliphatic heterocycles. The van der Waals surface area contributed by atoms with E-state index in [1.807, 2.05) is 31.2 Å². The summed E-state index contributed by atoms with van der Waals surface area (Å²) in [6, 6.07) is 7.34. The minimum Gasteiger partial charge on any atom is -0.494 e. The smallest absolute Gasteiger partial charge is 0.267 e. The van der Waals surface area contributed by atoms with Crippen molar-refractivity contribution in [2.75, 3.05) is 17.7 Å². The van der Waals surface area contributed by atoms with Crippen molar-refractivity contribution >= 4 is 38.8 Å². The molecular weight excluding hydrogens is 358 g/mol. The molecule has 3 N–H and O–H groups in total. The minimum absolute atomic E-state index is 0.193. The zero-order valence-electron chi connectivity index (χ0n) is 15.6. The maximum absolute atomic E-state index is 12.8. The van der Waals surface area contributed by atoms with Gasteiger partial charge in [0.05, 0.1) is 12.3 Å². The van der Waals surface area contributed by atoms with E-state index >= 15 is 0 Å². The van der Waals surface area contributed by atoms with Gasteiger partial charge in [-0.3, -0.25) is 4.79 Å². The Morgan fingerprint density at radius 2 is 1.93 bits per heavy atom. The van der Waals surface area contributed by atoms with Crippen LogP contribution in [0.2, 0.25) is 0 Å². The maximum Gasteiger partial charge on any atom is 0.267 e. The summed E-state index contributed by atoms with van der Waals surface area (Å²) < 4.78 is 5.43. The van der Waals surface area contributed by atoms with E-state index in [4.69, 9.17) is 15.5 Å². The van der Waals surface area contributed by atoms with Crippen LogP contribution in [0.1, 0.15) is 46.3 Å². The third kappa shape index (κ3) is 3.25. The van der Waals surface area contributed by atoms with Crippen LogP contribution in [-0.2, 0) is 12.8 Å². The summed E-state index contributed by atoms with van der Waals surface area (Å²) in [4.78, 5) is 19.0. The van der Waals surface area contributed by atoms with Gasteiger partial charge in [-0.25, -0.2) is 4.98 Å². The zero-order valence-corrected chi connectivity index (χ0v) is 16.4. The number of carbonyl (C=O) groups is 1. The highest BCUT2D eigenvalue weighted by Gasteiger charge is 2.24. The molecule has 2 heterocycles. The van der Waals surface area contributed by atoms with Crippen LogP contribution in [0.15, 0.2) is 24.3 Å². The number of hydrogen-bond donors (Lipinski definition) is 2. The molecule has 27 heavy (non-hydrogen) atoms. The Hall–Kier alpha value is -2.60. The third-order valence-corrected chi connectivity index (χ3v) is 6.13. The fourth-order valence-corrected chi connectivity index (χ4v) is 4.83. The van der Waals surface area contributed by atoms with Gasteiger partial charge in [0.25, 0.3) is 5.91 Å². The molecule has 0 saturated heterocycles. The standard InChI is InChI=1S/C21H23N3O2S/c1-3-26-14-10-8-13(9-11-14)24-20(25)19-18(22)17-16-7-5-4-6-15(16)12(2)23-21(17)27-19/h8-11H,3-7,22H2,1-2H3,(H,24,25). The zero-order chi connectivity index (χ0) is 19.0. The molecule has 3 aromatic rings. The van der Waals surface area contributed by atoms with Crippen LogP contribution in [0.3, 0.4) is 0 Å². The van der Waals surface area contributed by atoms with Crippen molar-refractivity contribution in [3.63, 3.8) is 0 Å². The lowest BCUT2D eigenvalue weighted by Crippen LogP contribution is -2.12. The van der Waals surface area contributed by atoms with Crippen LogP contribution in [0, 0.1) is 6.92 Å². The number of ether oxygens (including phenoxy) is 1. The fraction of sp³-hybridized carbons (Fsp3) is 0.333. The Kier molecular flexibility index (Phi) is 4.74. The molecule has 0 unspecified atom stereocenters. The van der Waals surface area contributed by atoms with Crippen LogP contribution in [0.5, 0.6) is 5.75 Å². The van der Waals surface area contributed by atoms with E-state index in [1.165, 1.54) is 28.9 Å². The number of fused-ring (bicyclic) bond motifs is 3. The second-order valence-electron chi connectivity index (χ2n) is 6.80. The van der Waals surface area contributed by atoms with Crippen molar-refractivity contribution in [1.29, 1.82) is 0 Å². The first-order valence-electron chi connectivity index (χ1n) is 9.33. The Morgan fingerprint density at radius 3 is 2.63 bits per heavy atom. The molecule has 1 aromatic carbocycles. The van der Waals surface area contributed by atoms with Gasteiger partial charge in [0.2, 0.25) is 0 Å². The molecule has 140 valence electrons. The van der Waals surface area contributed by atoms with Crippen molar-refractivity contribution in [2.24, 2.45) is 0 Å². The molecule has 1 aliphatic rings. The third-order valence-electron chi connectivity index (χ3n) is 5.03. The second kappa shape index (κ2) is 7.19. The summed E-state index contributed by atoms with van der Waals surface area (Å²) in [6.45, 7) is 4.61. The SMILES string of the molecule is CCOc1ccc(NC(=O)c2sc3nc(C)c4c(c3c2N)CCCC4)cc1. The highest BCUT2D eigenvalue weighted by Crippen LogP contribution is 2.39. The number of nitrogen functional groups attached to an aromatic ring is 1. The van der Waals surface area contributed by atoms with Crippen LogP contribution >= 0.6 is 11.3 Å². The van der Waals surface area contributed by atoms with E-state index < -0.39 is 0 Å². The molecule has 6 heteroatoms. The van der Waals surface area contributed by atoms with Crippen molar-refractivity contribution in [3.8, 4) is 5.75 Å². The number of thiophene rings is 1. The molecule has 0 fully saturated rings. The van der Waals surface area contributed by atoms with Gasteiger partial charge in [0.1, 0.15) is 15.5 Å². The van der Waals surface area contributed by atoms with Gasteiger partial charge >= 0.3 is 0 Å². The normalized spacial score (nSPS) is 13.4. The number of anilines is 2. The summed E-state index contributed by atoms with van der Waals surface area (Å²) >= 11 is 1.38. The van der Waals surface area contributed by atoms with Gasteiger partial charge in [-0.2, -0.15) is 0 Å². The number of amides is 1. The summed E-state index contributed by atoms with van der Waals surface area (Å²) in [6.07, 6.45) is 4.41. The maximum atomic E-state index is 12.8. The molecule has 5 nitrogen and oxygen atoms in total. The van der Waals surface area contributed by atoms with E-state index in [9.17, 15) is 4.79 Å². The quantitative estimate of drug-likeness (QED) is 0.686. The lowest BCUT2D eigenvalue weighted by Gasteiger charge is -2.18. The lowest BCUT2D eigenvalue weighted by molar-refractivity contribution is 0.103. The molecule has 0 saturated carbocycles. The molecule has 1 aliphatic carbocycles. The number of benzene rings is 1. The molecule has 4 rings (SSSR count). The van der Waals surface area contributed by atoms with Gasteiger partial charge in [-0.15, -0.1) is 11.3 Å². The molecule has 1 amide bonds. The highest BCUT2D eigenvalue weighted by atomic mass is 32.1. The first-order chi connectivity index (χ1) is 13.1. The highest BCUT2D eigenvalue weighted by molar-refractivity contribution is 7.21. The summed E-state index contributed by atoms with van der Waals surface area (Å²) in [7, 11) is 0. The molecule has 0 bridgehead atoms. The van der Waals surface area contributed by atoms with Crippen molar-refractivity contribution in [2.45, 2.75) is 39.5 Å². The van der Waals surface area contributed by atoms with Crippen molar-refractivity contribution in [3.05, 3.63) is 46.0 Å². The fourth-order valence-electron chi connectivity index (χ4n) is 3.76. The van der Waals surface area contributed by atoms with E-state index in [0.717, 1.165) is 40.9 Å². The number of pyridine rings is 1. The number of nitrogens with zero attached hydrogens (tertiary/aromatic N) is 1. The van der Waals surface area contributed by atoms with Crippen LogP contribution < -0.4 is 15.8 Å². The van der Waals surface area contributed by atoms with Gasteiger partial charge in [0, 0.05) is 16.8 Å². The Bertz CT molecular complexity index is 1010. The Labute approximate surface area is 162 Å². The number of hydrogen-bond acceptors (Lipinski definition) is 5. The summed E-state index contributed by atoms with van der Waals surface area (Å²) in [5.74, 6) is 0.588. The average molecular weight is 382 g/mol. The lowest BCUT2D eigenvalue weighted by atomic mass is 9.89. The molecular formula is C21H23N3O2S. The minimum atomic E-state index is -0.193. The van der Waals surface area contributed by atoms with Gasteiger partial charge < -0.3 is 15.8 Å². The Morgan fingerprint density at radius 1 is 1.22 bits per heavy atom. The number of rotatable bonds is 4. The number of aryl methyl sites for hydroxylation is 2. The van der Waals surface area contributed by atoms with E-state index in [2.05, 4.69) is 12.2 Å². The van der Waals surface area contributed by atoms with E-state index in [-0.39, 0.29) is 5.91 Å². The van der Waals surface area contributed by atoms with E-state index in [0.29, 0.717) is 22.9 Å². The topological polar surface area (TPSA) is 77.2 Å². The first-order valence-corrected chi connectivity index (χ1v) is 10.1. The van der Waals surface area contributed by atoms with Crippen LogP contribution in [0.4, 0.5) is 11.4 Å². The first kappa shape index (κ1) is 17.8. The van der Waals surface area contributed by atoms with E-state index in [1.54, 1.807) is 0 Å². The predicted molar refractivity (Wildman–Crippen MR) is 111 cm³/mol. The summed E-state index contributed by atoms with van der Waals surface area (Å²) in [5, 5.41) is 3.92. The van der Waals surface area contributed by atoms with Gasteiger partial charge in [0.15, 0.2) is 0 Å². The molecule has 0 spiro atoms. The second-order valence-corrected chi connectivity index (χ2v) is 7.80. The van der Waals surface area contributed by atoms with Crippen molar-refractivity contribution in [1.82, 2.24) is 4.98 Å². The van der Waals surface area contributed by atoms with Gasteiger partial charge in [-0.05, 0) is 74.9 Å². The number of aromatic nitrogens is 1. The van der Waals surface area contributed by atoms with Gasteiger partial charge in [-0.1, -0.05) is 0 Å². The predicted octanol–water partition coefficient (Wildman–Crippen LogP) is 4.72. The monoisotopic (exact) mass is 381 g/mol. The summed E-state index contributed by atoms with van der Waals surface area (Å²) in [5.41, 5.74) is 11.4. The van der Waals surface area contributed by atoms with Crippen LogP contribution in [-0.4, -0.2) is 17.5 Å². The van der Waals surface area contributed by atoms with Crippen LogP contribution in [0.25, 0.3) is 10.2 Å². The van der Waals surface area contributed by atoms with Crippen molar-refractivity contribution < 1.29 is 9.53 Å². The Balaban J connectivity index is 1.67. The number of nitrogens with one attached hydrogen (secondary N) is 1. The largest absolute Gasteiger partial charge is 0.494 e.